The number of hydrogen-bond acceptors (Lipinski definition) is 3. The van der Waals surface area contributed by atoms with Crippen LogP contribution in [0.5, 0.6) is 0 Å². The van der Waals surface area contributed by atoms with Crippen LogP contribution in [-0.4, -0.2) is 24.5 Å². The maximum atomic E-state index is 12.3. The van der Waals surface area contributed by atoms with Gasteiger partial charge in [0.05, 0.1) is 0 Å². The molecule has 2 aromatic rings. The summed E-state index contributed by atoms with van der Waals surface area (Å²) in [4.78, 5) is 12.3. The molecule has 1 heterocycles. The highest BCUT2D eigenvalue weighted by Gasteiger charge is 2.19. The van der Waals surface area contributed by atoms with Gasteiger partial charge in [-0.25, -0.2) is 0 Å². The first kappa shape index (κ1) is 16.6. The second kappa shape index (κ2) is 6.13. The van der Waals surface area contributed by atoms with Crippen LogP contribution in [0.15, 0.2) is 16.5 Å². The van der Waals surface area contributed by atoms with Gasteiger partial charge in [-0.1, -0.05) is 12.1 Å². The molecule has 0 bridgehead atoms. The molecular weight excluding hydrogens is 276 g/mol. The minimum atomic E-state index is -0.150. The first-order valence-corrected chi connectivity index (χ1v) is 7.73. The molecule has 1 aromatic heterocycles. The van der Waals surface area contributed by atoms with Gasteiger partial charge in [-0.15, -0.1) is 0 Å². The van der Waals surface area contributed by atoms with Crippen molar-refractivity contribution in [2.45, 2.75) is 47.1 Å². The Hall–Kier alpha value is -1.81. The Bertz CT molecular complexity index is 693. The Labute approximate surface area is 132 Å². The van der Waals surface area contributed by atoms with Crippen LogP contribution in [0.2, 0.25) is 0 Å². The van der Waals surface area contributed by atoms with Crippen molar-refractivity contribution < 1.29 is 9.21 Å². The second-order valence-electron chi connectivity index (χ2n) is 6.89. The molecule has 22 heavy (non-hydrogen) atoms. The molecular formula is C18H26N2O2. The molecule has 1 aromatic carbocycles. The van der Waals surface area contributed by atoms with Crippen LogP contribution in [0, 0.1) is 20.8 Å². The highest BCUT2D eigenvalue weighted by molar-refractivity contribution is 6.00. The molecule has 0 saturated heterocycles. The third-order valence-electron chi connectivity index (χ3n) is 3.75. The SMILES string of the molecule is Cc1ccc(C)c2c(C)c(C(=O)NCCNC(C)(C)C)oc12. The quantitative estimate of drug-likeness (QED) is 0.850. The standard InChI is InChI=1S/C18H26N2O2/c1-11-7-8-12(2)15-14(11)13(3)16(22-15)17(21)19-9-10-20-18(4,5)6/h7-8,20H,9-10H2,1-6H3,(H,19,21). The number of amides is 1. The molecule has 0 unspecified atom stereocenters. The van der Waals surface area contributed by atoms with Gasteiger partial charge in [-0.2, -0.15) is 0 Å². The van der Waals surface area contributed by atoms with E-state index in [-0.39, 0.29) is 11.4 Å². The number of aryl methyl sites for hydroxylation is 3. The number of furan rings is 1. The smallest absolute Gasteiger partial charge is 0.287 e. The third-order valence-corrected chi connectivity index (χ3v) is 3.75. The van der Waals surface area contributed by atoms with E-state index in [0.29, 0.717) is 12.3 Å². The van der Waals surface area contributed by atoms with Gasteiger partial charge >= 0.3 is 0 Å². The number of carbonyl (C=O) groups is 1. The van der Waals surface area contributed by atoms with Crippen LogP contribution in [0.1, 0.15) is 48.0 Å². The van der Waals surface area contributed by atoms with E-state index in [4.69, 9.17) is 4.42 Å². The van der Waals surface area contributed by atoms with E-state index >= 15 is 0 Å². The molecule has 0 aliphatic carbocycles. The second-order valence-corrected chi connectivity index (χ2v) is 6.89. The summed E-state index contributed by atoms with van der Waals surface area (Å²) in [5.74, 6) is 0.270. The number of nitrogens with one attached hydrogen (secondary N) is 2. The Balaban J connectivity index is 2.14. The Kier molecular flexibility index (Phi) is 4.61. The first-order chi connectivity index (χ1) is 10.2. The van der Waals surface area contributed by atoms with E-state index in [1.54, 1.807) is 0 Å². The van der Waals surface area contributed by atoms with Gasteiger partial charge in [-0.05, 0) is 52.7 Å². The lowest BCUT2D eigenvalue weighted by Crippen LogP contribution is -2.41. The van der Waals surface area contributed by atoms with Crippen molar-refractivity contribution in [2.75, 3.05) is 13.1 Å². The highest BCUT2D eigenvalue weighted by Crippen LogP contribution is 2.30. The number of rotatable bonds is 4. The fourth-order valence-corrected chi connectivity index (χ4v) is 2.59. The van der Waals surface area contributed by atoms with Crippen molar-refractivity contribution in [1.29, 1.82) is 0 Å². The zero-order valence-electron chi connectivity index (χ0n) is 14.4. The minimum Gasteiger partial charge on any atom is -0.450 e. The molecule has 0 aliphatic rings. The molecule has 2 N–H and O–H groups in total. The number of hydrogen-bond donors (Lipinski definition) is 2. The topological polar surface area (TPSA) is 54.3 Å². The van der Waals surface area contributed by atoms with Crippen molar-refractivity contribution in [3.8, 4) is 0 Å². The Morgan fingerprint density at radius 3 is 2.32 bits per heavy atom. The molecule has 1 amide bonds. The molecule has 0 fully saturated rings. The monoisotopic (exact) mass is 302 g/mol. The molecule has 0 radical (unpaired) electrons. The van der Waals surface area contributed by atoms with Crippen molar-refractivity contribution in [3.63, 3.8) is 0 Å². The van der Waals surface area contributed by atoms with Crippen molar-refractivity contribution in [3.05, 3.63) is 34.6 Å². The van der Waals surface area contributed by atoms with Crippen LogP contribution in [0.4, 0.5) is 0 Å². The van der Waals surface area contributed by atoms with Crippen molar-refractivity contribution in [1.82, 2.24) is 10.6 Å². The van der Waals surface area contributed by atoms with Crippen molar-refractivity contribution >= 4 is 16.9 Å². The lowest BCUT2D eigenvalue weighted by molar-refractivity contribution is 0.0926. The van der Waals surface area contributed by atoms with Crippen LogP contribution >= 0.6 is 0 Å². The van der Waals surface area contributed by atoms with E-state index in [2.05, 4.69) is 37.5 Å². The van der Waals surface area contributed by atoms with Gasteiger partial charge < -0.3 is 15.1 Å². The van der Waals surface area contributed by atoms with E-state index in [1.165, 1.54) is 0 Å². The molecule has 120 valence electrons. The summed E-state index contributed by atoms with van der Waals surface area (Å²) < 4.78 is 5.84. The predicted octanol–water partition coefficient (Wildman–Crippen LogP) is 3.48. The summed E-state index contributed by atoms with van der Waals surface area (Å²) in [5.41, 5.74) is 3.97. The minimum absolute atomic E-state index is 0.0498. The summed E-state index contributed by atoms with van der Waals surface area (Å²) in [5, 5.41) is 7.31. The molecule has 0 atom stereocenters. The van der Waals surface area contributed by atoms with Gasteiger partial charge in [-0.3, -0.25) is 4.79 Å². The zero-order chi connectivity index (χ0) is 16.5. The fourth-order valence-electron chi connectivity index (χ4n) is 2.59. The summed E-state index contributed by atoms with van der Waals surface area (Å²) in [6.45, 7) is 13.6. The Morgan fingerprint density at radius 1 is 1.09 bits per heavy atom. The first-order valence-electron chi connectivity index (χ1n) is 7.73. The van der Waals surface area contributed by atoms with E-state index < -0.39 is 0 Å². The number of carbonyl (C=O) groups excluding carboxylic acids is 1. The van der Waals surface area contributed by atoms with E-state index in [0.717, 1.165) is 34.2 Å². The van der Waals surface area contributed by atoms with Crippen molar-refractivity contribution in [2.24, 2.45) is 0 Å². The molecule has 4 heteroatoms. The average Bonchev–Trinajstić information content (AvgIpc) is 2.77. The molecule has 0 aliphatic heterocycles. The van der Waals surface area contributed by atoms with Gasteiger partial charge in [0.1, 0.15) is 5.58 Å². The molecule has 0 spiro atoms. The largest absolute Gasteiger partial charge is 0.450 e. The fraction of sp³-hybridized carbons (Fsp3) is 0.500. The normalized spacial score (nSPS) is 11.9. The summed E-state index contributed by atoms with van der Waals surface area (Å²) >= 11 is 0. The van der Waals surface area contributed by atoms with E-state index in [1.807, 2.05) is 26.8 Å². The lowest BCUT2D eigenvalue weighted by atomic mass is 10.0. The average molecular weight is 302 g/mol. The van der Waals surface area contributed by atoms with Crippen LogP contribution < -0.4 is 10.6 Å². The maximum Gasteiger partial charge on any atom is 0.287 e. The highest BCUT2D eigenvalue weighted by atomic mass is 16.3. The van der Waals surface area contributed by atoms with Crippen LogP contribution in [0.3, 0.4) is 0 Å². The van der Waals surface area contributed by atoms with Crippen LogP contribution in [0.25, 0.3) is 11.0 Å². The number of benzene rings is 1. The summed E-state index contributed by atoms with van der Waals surface area (Å²) in [7, 11) is 0. The molecule has 4 nitrogen and oxygen atoms in total. The van der Waals surface area contributed by atoms with E-state index in [9.17, 15) is 4.79 Å². The lowest BCUT2D eigenvalue weighted by Gasteiger charge is -2.20. The molecule has 0 saturated carbocycles. The zero-order valence-corrected chi connectivity index (χ0v) is 14.4. The summed E-state index contributed by atoms with van der Waals surface area (Å²) in [6, 6.07) is 4.09. The summed E-state index contributed by atoms with van der Waals surface area (Å²) in [6.07, 6.45) is 0. The van der Waals surface area contributed by atoms with Gasteiger partial charge in [0, 0.05) is 29.6 Å². The van der Waals surface area contributed by atoms with Gasteiger partial charge in [0.2, 0.25) is 0 Å². The van der Waals surface area contributed by atoms with Crippen LogP contribution in [-0.2, 0) is 0 Å². The number of fused-ring (bicyclic) bond motifs is 1. The third kappa shape index (κ3) is 3.50. The van der Waals surface area contributed by atoms with Gasteiger partial charge in [0.15, 0.2) is 5.76 Å². The molecule has 2 rings (SSSR count). The Morgan fingerprint density at radius 2 is 1.73 bits per heavy atom. The van der Waals surface area contributed by atoms with Gasteiger partial charge in [0.25, 0.3) is 5.91 Å². The maximum absolute atomic E-state index is 12.3. The predicted molar refractivity (Wildman–Crippen MR) is 90.5 cm³/mol.